The SMILES string of the molecule is CC(C)Oc1ncccc1CNC(C)c1cncc(F)c1. The highest BCUT2D eigenvalue weighted by molar-refractivity contribution is 5.26. The second-order valence-corrected chi connectivity index (χ2v) is 5.17. The highest BCUT2D eigenvalue weighted by Gasteiger charge is 2.10. The molecule has 1 N–H and O–H groups in total. The molecule has 0 aliphatic carbocycles. The van der Waals surface area contributed by atoms with Crippen LogP contribution in [0.25, 0.3) is 0 Å². The van der Waals surface area contributed by atoms with Crippen LogP contribution in [0.15, 0.2) is 36.8 Å². The molecule has 0 bridgehead atoms. The lowest BCUT2D eigenvalue weighted by Gasteiger charge is -2.16. The summed E-state index contributed by atoms with van der Waals surface area (Å²) in [6.07, 6.45) is 4.64. The Morgan fingerprint density at radius 3 is 2.81 bits per heavy atom. The molecule has 1 unspecified atom stereocenters. The molecule has 2 aromatic heterocycles. The molecule has 2 aromatic rings. The van der Waals surface area contributed by atoms with Crippen molar-refractivity contribution in [3.8, 4) is 5.88 Å². The summed E-state index contributed by atoms with van der Waals surface area (Å²) >= 11 is 0. The molecule has 0 radical (unpaired) electrons. The summed E-state index contributed by atoms with van der Waals surface area (Å²) in [4.78, 5) is 8.11. The molecule has 21 heavy (non-hydrogen) atoms. The lowest BCUT2D eigenvalue weighted by molar-refractivity contribution is 0.229. The molecule has 1 atom stereocenters. The van der Waals surface area contributed by atoms with Crippen LogP contribution in [0.4, 0.5) is 4.39 Å². The Bertz CT molecular complexity index is 589. The van der Waals surface area contributed by atoms with Gasteiger partial charge >= 0.3 is 0 Å². The molecule has 4 nitrogen and oxygen atoms in total. The fourth-order valence-electron chi connectivity index (χ4n) is 1.93. The van der Waals surface area contributed by atoms with Crippen LogP contribution in [-0.4, -0.2) is 16.1 Å². The van der Waals surface area contributed by atoms with Gasteiger partial charge in [0.05, 0.1) is 12.3 Å². The van der Waals surface area contributed by atoms with Crippen molar-refractivity contribution in [3.63, 3.8) is 0 Å². The summed E-state index contributed by atoms with van der Waals surface area (Å²) < 4.78 is 18.9. The Kier molecular flexibility index (Phi) is 5.22. The maximum absolute atomic E-state index is 13.2. The number of rotatable bonds is 6. The van der Waals surface area contributed by atoms with Gasteiger partial charge in [-0.2, -0.15) is 0 Å². The van der Waals surface area contributed by atoms with Gasteiger partial charge in [0.1, 0.15) is 5.82 Å². The van der Waals surface area contributed by atoms with E-state index in [1.165, 1.54) is 12.3 Å². The minimum atomic E-state index is -0.327. The molecule has 5 heteroatoms. The van der Waals surface area contributed by atoms with Crippen molar-refractivity contribution in [1.29, 1.82) is 0 Å². The first-order valence-electron chi connectivity index (χ1n) is 7.00. The molecule has 0 fully saturated rings. The fourth-order valence-corrected chi connectivity index (χ4v) is 1.93. The van der Waals surface area contributed by atoms with Crippen LogP contribution >= 0.6 is 0 Å². The number of halogens is 1. The van der Waals surface area contributed by atoms with Gasteiger partial charge in [0, 0.05) is 30.5 Å². The van der Waals surface area contributed by atoms with Crippen LogP contribution in [0.3, 0.4) is 0 Å². The normalized spacial score (nSPS) is 12.4. The van der Waals surface area contributed by atoms with Crippen LogP contribution in [-0.2, 0) is 6.54 Å². The van der Waals surface area contributed by atoms with Crippen molar-refractivity contribution in [2.45, 2.75) is 39.5 Å². The Hall–Kier alpha value is -2.01. The standard InChI is InChI=1S/C16H20FN3O/c1-11(2)21-16-13(5-4-6-19-16)9-20-12(3)14-7-15(17)10-18-8-14/h4-8,10-12,20H,9H2,1-3H3. The quantitative estimate of drug-likeness (QED) is 0.886. The van der Waals surface area contributed by atoms with Crippen LogP contribution < -0.4 is 10.1 Å². The Morgan fingerprint density at radius 1 is 1.29 bits per heavy atom. The minimum absolute atomic E-state index is 0.0136. The van der Waals surface area contributed by atoms with E-state index in [0.717, 1.165) is 11.1 Å². The Labute approximate surface area is 124 Å². The Balaban J connectivity index is 2.02. The number of ether oxygens (including phenoxy) is 1. The number of nitrogens with zero attached hydrogens (tertiary/aromatic N) is 2. The zero-order chi connectivity index (χ0) is 15.2. The smallest absolute Gasteiger partial charge is 0.218 e. The van der Waals surface area contributed by atoms with Crippen molar-refractivity contribution in [2.75, 3.05) is 0 Å². The third kappa shape index (κ3) is 4.49. The highest BCUT2D eigenvalue weighted by atomic mass is 19.1. The first-order valence-corrected chi connectivity index (χ1v) is 7.00. The highest BCUT2D eigenvalue weighted by Crippen LogP contribution is 2.18. The largest absolute Gasteiger partial charge is 0.475 e. The van der Waals surface area contributed by atoms with Gasteiger partial charge in [-0.3, -0.25) is 4.98 Å². The molecule has 0 amide bonds. The van der Waals surface area contributed by atoms with Gasteiger partial charge in [0.2, 0.25) is 5.88 Å². The summed E-state index contributed by atoms with van der Waals surface area (Å²) in [6, 6.07) is 5.31. The molecule has 0 saturated heterocycles. The van der Waals surface area contributed by atoms with Crippen LogP contribution in [0.2, 0.25) is 0 Å². The number of hydrogen-bond donors (Lipinski definition) is 1. The third-order valence-corrected chi connectivity index (χ3v) is 3.02. The van der Waals surface area contributed by atoms with Crippen molar-refractivity contribution in [1.82, 2.24) is 15.3 Å². The molecule has 0 aliphatic heterocycles. The summed E-state index contributed by atoms with van der Waals surface area (Å²) in [6.45, 7) is 6.49. The van der Waals surface area contributed by atoms with Gasteiger partial charge in [-0.05, 0) is 38.5 Å². The van der Waals surface area contributed by atoms with Crippen LogP contribution in [0.5, 0.6) is 5.88 Å². The van der Waals surface area contributed by atoms with E-state index < -0.39 is 0 Å². The van der Waals surface area contributed by atoms with Gasteiger partial charge in [-0.15, -0.1) is 0 Å². The average Bonchev–Trinajstić information content (AvgIpc) is 2.45. The molecule has 0 aromatic carbocycles. The maximum atomic E-state index is 13.2. The zero-order valence-corrected chi connectivity index (χ0v) is 12.5. The molecular weight excluding hydrogens is 269 g/mol. The first kappa shape index (κ1) is 15.4. The first-order chi connectivity index (χ1) is 10.1. The molecule has 2 heterocycles. The fraction of sp³-hybridized carbons (Fsp3) is 0.375. The van der Waals surface area contributed by atoms with Crippen molar-refractivity contribution >= 4 is 0 Å². The van der Waals surface area contributed by atoms with E-state index in [1.54, 1.807) is 12.4 Å². The number of nitrogens with one attached hydrogen (secondary N) is 1. The Morgan fingerprint density at radius 2 is 2.10 bits per heavy atom. The predicted molar refractivity (Wildman–Crippen MR) is 79.5 cm³/mol. The molecular formula is C16H20FN3O. The van der Waals surface area contributed by atoms with E-state index in [0.29, 0.717) is 12.4 Å². The molecule has 2 rings (SSSR count). The number of hydrogen-bond acceptors (Lipinski definition) is 4. The van der Waals surface area contributed by atoms with Crippen LogP contribution in [0, 0.1) is 5.82 Å². The zero-order valence-electron chi connectivity index (χ0n) is 12.5. The van der Waals surface area contributed by atoms with Gasteiger partial charge in [-0.25, -0.2) is 9.37 Å². The van der Waals surface area contributed by atoms with Crippen molar-refractivity contribution < 1.29 is 9.13 Å². The molecule has 0 saturated carbocycles. The summed E-state index contributed by atoms with van der Waals surface area (Å²) in [7, 11) is 0. The van der Waals surface area contributed by atoms with E-state index in [4.69, 9.17) is 4.74 Å². The maximum Gasteiger partial charge on any atom is 0.218 e. The summed E-state index contributed by atoms with van der Waals surface area (Å²) in [5.41, 5.74) is 1.78. The van der Waals surface area contributed by atoms with Gasteiger partial charge < -0.3 is 10.1 Å². The number of aromatic nitrogens is 2. The number of pyridine rings is 2. The van der Waals surface area contributed by atoms with E-state index >= 15 is 0 Å². The minimum Gasteiger partial charge on any atom is -0.475 e. The van der Waals surface area contributed by atoms with Gasteiger partial charge in [-0.1, -0.05) is 6.07 Å². The molecule has 0 aliphatic rings. The summed E-state index contributed by atoms with van der Waals surface area (Å²) in [5.74, 6) is 0.302. The molecule has 0 spiro atoms. The van der Waals surface area contributed by atoms with E-state index in [1.807, 2.05) is 32.9 Å². The average molecular weight is 289 g/mol. The lowest BCUT2D eigenvalue weighted by Crippen LogP contribution is -2.20. The summed E-state index contributed by atoms with van der Waals surface area (Å²) in [5, 5.41) is 3.33. The van der Waals surface area contributed by atoms with Gasteiger partial charge in [0.15, 0.2) is 0 Å². The third-order valence-electron chi connectivity index (χ3n) is 3.02. The van der Waals surface area contributed by atoms with E-state index in [9.17, 15) is 4.39 Å². The van der Waals surface area contributed by atoms with E-state index in [-0.39, 0.29) is 18.0 Å². The lowest BCUT2D eigenvalue weighted by atomic mass is 10.1. The topological polar surface area (TPSA) is 47.0 Å². The van der Waals surface area contributed by atoms with E-state index in [2.05, 4.69) is 15.3 Å². The van der Waals surface area contributed by atoms with Crippen molar-refractivity contribution in [2.24, 2.45) is 0 Å². The predicted octanol–water partition coefficient (Wildman–Crippen LogP) is 3.25. The second kappa shape index (κ2) is 7.13. The van der Waals surface area contributed by atoms with Crippen molar-refractivity contribution in [3.05, 3.63) is 53.7 Å². The second-order valence-electron chi connectivity index (χ2n) is 5.17. The van der Waals surface area contributed by atoms with Gasteiger partial charge in [0.25, 0.3) is 0 Å². The molecule has 112 valence electrons. The monoisotopic (exact) mass is 289 g/mol. The van der Waals surface area contributed by atoms with Crippen LogP contribution in [0.1, 0.15) is 37.9 Å².